The number of rotatable bonds is 0. The van der Waals surface area contributed by atoms with Gasteiger partial charge in [-0.1, -0.05) is 18.7 Å². The van der Waals surface area contributed by atoms with Crippen LogP contribution < -0.4 is 0 Å². The van der Waals surface area contributed by atoms with Crippen LogP contribution in [0.4, 0.5) is 0 Å². The highest BCUT2D eigenvalue weighted by Crippen LogP contribution is 2.61. The van der Waals surface area contributed by atoms with Crippen molar-refractivity contribution in [2.45, 2.75) is 25.6 Å². The van der Waals surface area contributed by atoms with Gasteiger partial charge in [0.1, 0.15) is 0 Å². The van der Waals surface area contributed by atoms with E-state index in [-0.39, 0.29) is 0 Å². The Morgan fingerprint density at radius 2 is 2.08 bits per heavy atom. The fraction of sp³-hybridized carbons (Fsp3) is 0.400. The second-order valence-corrected chi connectivity index (χ2v) is 8.97. The lowest BCUT2D eigenvalue weighted by molar-refractivity contribution is 0.562. The average Bonchev–Trinajstić information content (AvgIpc) is 2.48. The molecule has 0 N–H and O–H groups in total. The van der Waals surface area contributed by atoms with Crippen LogP contribution in [-0.2, 0) is 0 Å². The molecule has 1 atom stereocenters. The molecule has 1 aromatic heterocycles. The normalized spacial score (nSPS) is 28.8. The van der Waals surface area contributed by atoms with Gasteiger partial charge < -0.3 is 4.42 Å². The lowest BCUT2D eigenvalue weighted by atomic mass is 10.2. The smallest absolute Gasteiger partial charge is 0.0976 e. The molecule has 0 amide bonds. The Labute approximate surface area is 73.1 Å². The van der Waals surface area contributed by atoms with Gasteiger partial charge in [0.15, 0.2) is 0 Å². The third-order valence-electron chi connectivity index (χ3n) is 3.47. The maximum Gasteiger partial charge on any atom is 0.0976 e. The van der Waals surface area contributed by atoms with Crippen LogP contribution in [0.3, 0.4) is 0 Å². The summed E-state index contributed by atoms with van der Waals surface area (Å²) in [7, 11) is -1.04. The lowest BCUT2D eigenvalue weighted by Gasteiger charge is -2.38. The van der Waals surface area contributed by atoms with E-state index in [4.69, 9.17) is 4.42 Å². The number of hydrogen-bond donors (Lipinski definition) is 0. The Bertz CT molecular complexity index is 398. The van der Waals surface area contributed by atoms with Gasteiger partial charge in [0.25, 0.3) is 0 Å². The minimum Gasteiger partial charge on any atom is -0.472 e. The molecule has 3 heterocycles. The van der Waals surface area contributed by atoms with E-state index in [9.17, 15) is 0 Å². The summed E-state index contributed by atoms with van der Waals surface area (Å²) in [5.41, 5.74) is 5.29. The molecule has 0 saturated heterocycles. The number of furan rings is 1. The number of hydrogen-bond acceptors (Lipinski definition) is 1. The minimum absolute atomic E-state index is 0.779. The Balaban J connectivity index is 2.31. The molecule has 0 fully saturated rings. The summed E-state index contributed by atoms with van der Waals surface area (Å²) in [5, 5.41) is 1.66. The van der Waals surface area contributed by atoms with Crippen LogP contribution in [-0.4, -0.2) is 8.07 Å². The van der Waals surface area contributed by atoms with Gasteiger partial charge >= 0.3 is 0 Å². The molecule has 2 heteroatoms. The summed E-state index contributed by atoms with van der Waals surface area (Å²) in [6, 6.07) is 0. The van der Waals surface area contributed by atoms with Gasteiger partial charge in [-0.3, -0.25) is 0 Å². The zero-order valence-corrected chi connectivity index (χ0v) is 8.64. The zero-order valence-electron chi connectivity index (χ0n) is 7.64. The van der Waals surface area contributed by atoms with E-state index >= 15 is 0 Å². The highest BCUT2D eigenvalue weighted by molar-refractivity contribution is 7.01. The molecule has 2 aliphatic heterocycles. The van der Waals surface area contributed by atoms with Crippen LogP contribution >= 0.6 is 0 Å². The summed E-state index contributed by atoms with van der Waals surface area (Å²) in [6.07, 6.45) is 3.87. The maximum atomic E-state index is 5.22. The van der Waals surface area contributed by atoms with Crippen molar-refractivity contribution in [1.29, 1.82) is 0 Å². The molecule has 1 aliphatic carbocycles. The van der Waals surface area contributed by atoms with Crippen molar-refractivity contribution in [3.8, 4) is 0 Å². The van der Waals surface area contributed by atoms with Crippen molar-refractivity contribution < 1.29 is 4.42 Å². The Kier molecular flexibility index (Phi) is 0.906. The van der Waals surface area contributed by atoms with Crippen LogP contribution in [0.2, 0.25) is 13.1 Å². The average molecular weight is 176 g/mol. The highest BCUT2D eigenvalue weighted by atomic mass is 28.3. The van der Waals surface area contributed by atoms with E-state index in [1.54, 1.807) is 10.8 Å². The number of allylic oxidation sites excluding steroid dienone is 1. The van der Waals surface area contributed by atoms with Gasteiger partial charge in [-0.15, -0.1) is 0 Å². The molecule has 4 rings (SSSR count). The molecule has 1 unspecified atom stereocenters. The van der Waals surface area contributed by atoms with Crippen molar-refractivity contribution in [2.75, 3.05) is 0 Å². The molecule has 12 heavy (non-hydrogen) atoms. The monoisotopic (exact) mass is 176 g/mol. The van der Waals surface area contributed by atoms with Crippen molar-refractivity contribution in [2.24, 2.45) is 0 Å². The van der Waals surface area contributed by atoms with Crippen LogP contribution in [0.1, 0.15) is 23.6 Å². The fourth-order valence-corrected chi connectivity index (χ4v) is 7.52. The largest absolute Gasteiger partial charge is 0.472 e. The highest BCUT2D eigenvalue weighted by Gasteiger charge is 2.55. The van der Waals surface area contributed by atoms with Crippen LogP contribution in [0.5, 0.6) is 0 Å². The molecule has 0 saturated carbocycles. The first kappa shape index (κ1) is 6.72. The fourth-order valence-electron chi connectivity index (χ4n) is 3.18. The summed E-state index contributed by atoms with van der Waals surface area (Å²) in [5.74, 6) is 0. The van der Waals surface area contributed by atoms with Crippen molar-refractivity contribution >= 4 is 13.3 Å². The summed E-state index contributed by atoms with van der Waals surface area (Å²) >= 11 is 0. The summed E-state index contributed by atoms with van der Waals surface area (Å²) < 4.78 is 5.22. The third-order valence-corrected chi connectivity index (χ3v) is 7.61. The quantitative estimate of drug-likeness (QED) is 0.554. The van der Waals surface area contributed by atoms with E-state index in [0.29, 0.717) is 0 Å². The molecule has 0 spiro atoms. The molecule has 3 aliphatic rings. The summed E-state index contributed by atoms with van der Waals surface area (Å²) in [4.78, 5) is 0. The Hall–Kier alpha value is -0.763. The molecule has 1 nitrogen and oxygen atoms in total. The lowest BCUT2D eigenvalue weighted by Crippen LogP contribution is -2.41. The van der Waals surface area contributed by atoms with Gasteiger partial charge in [-0.25, -0.2) is 0 Å². The van der Waals surface area contributed by atoms with Crippen molar-refractivity contribution in [3.05, 3.63) is 29.2 Å². The van der Waals surface area contributed by atoms with Crippen LogP contribution in [0, 0.1) is 0 Å². The molecule has 1 aromatic rings. The van der Waals surface area contributed by atoms with Crippen LogP contribution in [0.25, 0.3) is 5.20 Å². The topological polar surface area (TPSA) is 13.1 Å². The predicted molar refractivity (Wildman–Crippen MR) is 51.5 cm³/mol. The zero-order chi connectivity index (χ0) is 8.51. The van der Waals surface area contributed by atoms with Crippen LogP contribution in [0.15, 0.2) is 22.5 Å². The second-order valence-electron chi connectivity index (χ2n) is 4.45. The molecule has 2 bridgehead atoms. The SMILES string of the molecule is CC1=C2c3cocc3C1[Si]2(C)C. The first-order valence-electron chi connectivity index (χ1n) is 4.41. The first-order chi connectivity index (χ1) is 5.64. The van der Waals surface area contributed by atoms with Gasteiger partial charge in [-0.05, 0) is 12.1 Å². The van der Waals surface area contributed by atoms with Gasteiger partial charge in [-0.2, -0.15) is 0 Å². The Morgan fingerprint density at radius 3 is 2.67 bits per heavy atom. The van der Waals surface area contributed by atoms with Crippen molar-refractivity contribution in [3.63, 3.8) is 0 Å². The summed E-state index contributed by atoms with van der Waals surface area (Å²) in [6.45, 7) is 7.19. The minimum atomic E-state index is -1.04. The third kappa shape index (κ3) is 0.452. The maximum absolute atomic E-state index is 5.22. The van der Waals surface area contributed by atoms with Gasteiger partial charge in [0, 0.05) is 16.7 Å². The molecular weight excluding hydrogens is 164 g/mol. The second kappa shape index (κ2) is 1.62. The standard InChI is InChI=1S/C10H12OSi/c1-6-9-7-4-11-5-8(7)10(6)12(9,2)3/h4-5,9H,1-3H3. The van der Waals surface area contributed by atoms with E-state index < -0.39 is 8.07 Å². The molecule has 62 valence electrons. The van der Waals surface area contributed by atoms with Crippen molar-refractivity contribution in [1.82, 2.24) is 0 Å². The van der Waals surface area contributed by atoms with Gasteiger partial charge in [0.05, 0.1) is 20.6 Å². The first-order valence-corrected chi connectivity index (χ1v) is 7.49. The van der Waals surface area contributed by atoms with E-state index in [0.717, 1.165) is 5.54 Å². The van der Waals surface area contributed by atoms with E-state index in [1.807, 2.05) is 12.5 Å². The Morgan fingerprint density at radius 1 is 1.33 bits per heavy atom. The molecular formula is C10H12OSi. The van der Waals surface area contributed by atoms with E-state index in [2.05, 4.69) is 20.0 Å². The molecule has 0 aromatic carbocycles. The van der Waals surface area contributed by atoms with E-state index in [1.165, 1.54) is 11.1 Å². The van der Waals surface area contributed by atoms with Gasteiger partial charge in [0.2, 0.25) is 0 Å². The predicted octanol–water partition coefficient (Wildman–Crippen LogP) is 2.95. The molecule has 0 radical (unpaired) electrons.